The molecule has 0 atom stereocenters. The maximum Gasteiger partial charge on any atom is 0.246 e. The van der Waals surface area contributed by atoms with Gasteiger partial charge in [0.25, 0.3) is 0 Å². The van der Waals surface area contributed by atoms with E-state index in [0.29, 0.717) is 4.34 Å². The number of rotatable bonds is 6. The summed E-state index contributed by atoms with van der Waals surface area (Å²) in [5.41, 5.74) is 0. The summed E-state index contributed by atoms with van der Waals surface area (Å²) in [6, 6.07) is 8.77. The van der Waals surface area contributed by atoms with Crippen LogP contribution < -0.4 is 0 Å². The normalized spacial score (nSPS) is 11.8. The molecule has 0 amide bonds. The van der Waals surface area contributed by atoms with Gasteiger partial charge in [-0.15, -0.1) is 17.9 Å². The van der Waals surface area contributed by atoms with Crippen molar-refractivity contribution in [2.24, 2.45) is 0 Å². The van der Waals surface area contributed by atoms with Crippen LogP contribution in [0.2, 0.25) is 4.34 Å². The van der Waals surface area contributed by atoms with Crippen LogP contribution in [0, 0.1) is 5.82 Å². The summed E-state index contributed by atoms with van der Waals surface area (Å²) in [5.74, 6) is -0.768. The lowest BCUT2D eigenvalue weighted by molar-refractivity contribution is 0.436. The molecule has 112 valence electrons. The maximum atomic E-state index is 13.8. The SMILES string of the molecule is C=CCN(Cc1ccc(Cl)s1)S(=O)(=O)c1ccccc1F. The van der Waals surface area contributed by atoms with E-state index in [2.05, 4.69) is 6.58 Å². The zero-order valence-electron chi connectivity index (χ0n) is 11.0. The zero-order chi connectivity index (χ0) is 15.5. The Bertz CT molecular complexity index is 743. The molecule has 1 aromatic heterocycles. The van der Waals surface area contributed by atoms with Gasteiger partial charge in [0, 0.05) is 18.0 Å². The largest absolute Gasteiger partial charge is 0.246 e. The third-order valence-electron chi connectivity index (χ3n) is 2.75. The third-order valence-corrected chi connectivity index (χ3v) is 5.81. The first kappa shape index (κ1) is 16.2. The Morgan fingerprint density at radius 3 is 2.57 bits per heavy atom. The molecule has 0 radical (unpaired) electrons. The molecule has 1 aromatic carbocycles. The number of halogens is 2. The maximum absolute atomic E-state index is 13.8. The van der Waals surface area contributed by atoms with Crippen molar-refractivity contribution in [2.75, 3.05) is 6.54 Å². The number of hydrogen-bond donors (Lipinski definition) is 0. The zero-order valence-corrected chi connectivity index (χ0v) is 13.4. The first-order valence-corrected chi connectivity index (χ1v) is 8.68. The van der Waals surface area contributed by atoms with Gasteiger partial charge in [-0.2, -0.15) is 4.31 Å². The van der Waals surface area contributed by atoms with E-state index < -0.39 is 15.8 Å². The van der Waals surface area contributed by atoms with Crippen molar-refractivity contribution >= 4 is 33.0 Å². The third kappa shape index (κ3) is 3.71. The highest BCUT2D eigenvalue weighted by atomic mass is 35.5. The first-order chi connectivity index (χ1) is 9.95. The van der Waals surface area contributed by atoms with Crippen LogP contribution in [0.1, 0.15) is 4.88 Å². The van der Waals surface area contributed by atoms with Gasteiger partial charge >= 0.3 is 0 Å². The predicted octanol–water partition coefficient (Wildman–Crippen LogP) is 3.92. The van der Waals surface area contributed by atoms with Crippen LogP contribution in [0.25, 0.3) is 0 Å². The highest BCUT2D eigenvalue weighted by Crippen LogP contribution is 2.26. The van der Waals surface area contributed by atoms with Crippen molar-refractivity contribution in [3.63, 3.8) is 0 Å². The highest BCUT2D eigenvalue weighted by Gasteiger charge is 2.26. The smallest absolute Gasteiger partial charge is 0.207 e. The van der Waals surface area contributed by atoms with Gasteiger partial charge in [0.2, 0.25) is 10.0 Å². The minimum absolute atomic E-state index is 0.0895. The molecule has 0 spiro atoms. The van der Waals surface area contributed by atoms with E-state index in [9.17, 15) is 12.8 Å². The summed E-state index contributed by atoms with van der Waals surface area (Å²) < 4.78 is 40.6. The standard InChI is InChI=1S/C14H13ClFNO2S2/c1-2-9-17(10-11-7-8-14(15)20-11)21(18,19)13-6-4-3-5-12(13)16/h2-8H,1,9-10H2. The average Bonchev–Trinajstić information content (AvgIpc) is 2.84. The van der Waals surface area contributed by atoms with E-state index in [1.54, 1.807) is 12.1 Å². The summed E-state index contributed by atoms with van der Waals surface area (Å²) >= 11 is 7.14. The van der Waals surface area contributed by atoms with Gasteiger partial charge in [0.1, 0.15) is 10.7 Å². The lowest BCUT2D eigenvalue weighted by atomic mass is 10.3. The molecule has 0 aliphatic carbocycles. The topological polar surface area (TPSA) is 37.4 Å². The number of nitrogens with zero attached hydrogens (tertiary/aromatic N) is 1. The Kier molecular flexibility index (Phi) is 5.16. The average molecular weight is 346 g/mol. The predicted molar refractivity (Wildman–Crippen MR) is 83.5 cm³/mol. The molecular weight excluding hydrogens is 333 g/mol. The lowest BCUT2D eigenvalue weighted by Gasteiger charge is -2.20. The minimum atomic E-state index is -3.93. The number of thiophene rings is 1. The van der Waals surface area contributed by atoms with Gasteiger partial charge < -0.3 is 0 Å². The van der Waals surface area contributed by atoms with Crippen LogP contribution in [0.4, 0.5) is 4.39 Å². The molecule has 0 N–H and O–H groups in total. The van der Waals surface area contributed by atoms with Gasteiger partial charge in [-0.05, 0) is 24.3 Å². The Morgan fingerprint density at radius 1 is 1.29 bits per heavy atom. The second-order valence-corrected chi connectivity index (χ2v) is 7.93. The van der Waals surface area contributed by atoms with Crippen molar-refractivity contribution in [2.45, 2.75) is 11.4 Å². The second-order valence-electron chi connectivity index (χ2n) is 4.22. The summed E-state index contributed by atoms with van der Waals surface area (Å²) in [5, 5.41) is 0. The fourth-order valence-electron chi connectivity index (χ4n) is 1.80. The molecule has 21 heavy (non-hydrogen) atoms. The van der Waals surface area contributed by atoms with Crippen molar-refractivity contribution in [3.05, 3.63) is 64.1 Å². The van der Waals surface area contributed by atoms with Gasteiger partial charge in [-0.25, -0.2) is 12.8 Å². The first-order valence-electron chi connectivity index (χ1n) is 6.05. The molecule has 0 aliphatic rings. The molecule has 2 rings (SSSR count). The van der Waals surface area contributed by atoms with Crippen molar-refractivity contribution in [1.82, 2.24) is 4.31 Å². The molecule has 0 saturated heterocycles. The molecule has 0 fully saturated rings. The van der Waals surface area contributed by atoms with Crippen molar-refractivity contribution < 1.29 is 12.8 Å². The molecule has 2 aromatic rings. The summed E-state index contributed by atoms with van der Waals surface area (Å²) in [7, 11) is -3.93. The van der Waals surface area contributed by atoms with Crippen LogP contribution in [0.3, 0.4) is 0 Å². The molecule has 0 aliphatic heterocycles. The molecule has 0 saturated carbocycles. The van der Waals surface area contributed by atoms with E-state index in [-0.39, 0.29) is 18.0 Å². The van der Waals surface area contributed by atoms with E-state index in [4.69, 9.17) is 11.6 Å². The van der Waals surface area contributed by atoms with Crippen LogP contribution in [-0.2, 0) is 16.6 Å². The molecule has 3 nitrogen and oxygen atoms in total. The van der Waals surface area contributed by atoms with Gasteiger partial charge in [0.05, 0.1) is 4.34 Å². The Morgan fingerprint density at radius 2 is 2.00 bits per heavy atom. The van der Waals surface area contributed by atoms with Gasteiger partial charge in [-0.1, -0.05) is 29.8 Å². The highest BCUT2D eigenvalue weighted by molar-refractivity contribution is 7.89. The molecular formula is C14H13ClFNO2S2. The van der Waals surface area contributed by atoms with E-state index in [0.717, 1.165) is 10.9 Å². The minimum Gasteiger partial charge on any atom is -0.207 e. The van der Waals surface area contributed by atoms with E-state index in [1.807, 2.05) is 0 Å². The summed E-state index contributed by atoms with van der Waals surface area (Å²) in [6.45, 7) is 3.77. The van der Waals surface area contributed by atoms with Crippen LogP contribution in [0.15, 0.2) is 53.9 Å². The van der Waals surface area contributed by atoms with Crippen molar-refractivity contribution in [3.8, 4) is 0 Å². The fourth-order valence-corrected chi connectivity index (χ4v) is 4.43. The van der Waals surface area contributed by atoms with E-state index in [1.165, 1.54) is 39.9 Å². The second kappa shape index (κ2) is 6.70. The van der Waals surface area contributed by atoms with E-state index >= 15 is 0 Å². The van der Waals surface area contributed by atoms with Crippen LogP contribution in [-0.4, -0.2) is 19.3 Å². The number of sulfonamides is 1. The summed E-state index contributed by atoms with van der Waals surface area (Å²) in [4.78, 5) is 0.441. The lowest BCUT2D eigenvalue weighted by Crippen LogP contribution is -2.31. The molecule has 0 bridgehead atoms. The van der Waals surface area contributed by atoms with Crippen LogP contribution in [0.5, 0.6) is 0 Å². The fraction of sp³-hybridized carbons (Fsp3) is 0.143. The Labute approximate surface area is 132 Å². The molecule has 0 unspecified atom stereocenters. The Hall–Kier alpha value is -1.21. The van der Waals surface area contributed by atoms with Crippen molar-refractivity contribution in [1.29, 1.82) is 0 Å². The summed E-state index contributed by atoms with van der Waals surface area (Å²) in [6.07, 6.45) is 1.47. The monoisotopic (exact) mass is 345 g/mol. The number of benzene rings is 1. The quantitative estimate of drug-likeness (QED) is 0.744. The molecule has 7 heteroatoms. The molecule has 1 heterocycles. The van der Waals surface area contributed by atoms with Gasteiger partial charge in [-0.3, -0.25) is 0 Å². The van der Waals surface area contributed by atoms with Crippen LogP contribution >= 0.6 is 22.9 Å². The van der Waals surface area contributed by atoms with Gasteiger partial charge in [0.15, 0.2) is 0 Å². The number of hydrogen-bond acceptors (Lipinski definition) is 3. The Balaban J connectivity index is 2.37.